The minimum atomic E-state index is -0.0291. The number of fused-ring (bicyclic) bond motifs is 1. The molecule has 0 N–H and O–H groups in total. The van der Waals surface area contributed by atoms with Gasteiger partial charge >= 0.3 is 0 Å². The van der Waals surface area contributed by atoms with Crippen molar-refractivity contribution in [3.8, 4) is 11.5 Å². The van der Waals surface area contributed by atoms with Crippen LogP contribution in [-0.4, -0.2) is 14.5 Å². The first kappa shape index (κ1) is 18.7. The highest BCUT2D eigenvalue weighted by atomic mass is 32.2. The van der Waals surface area contributed by atoms with Gasteiger partial charge in [-0.05, 0) is 36.9 Å². The summed E-state index contributed by atoms with van der Waals surface area (Å²) in [5.41, 5.74) is 4.84. The van der Waals surface area contributed by atoms with Crippen molar-refractivity contribution in [1.82, 2.24) is 14.5 Å². The summed E-state index contributed by atoms with van der Waals surface area (Å²) < 4.78 is 8.02. The minimum absolute atomic E-state index is 0.0291. The summed E-state index contributed by atoms with van der Waals surface area (Å²) in [6.07, 6.45) is 3.38. The highest BCUT2D eigenvalue weighted by molar-refractivity contribution is 7.98. The number of hydrogen-bond donors (Lipinski definition) is 0. The van der Waals surface area contributed by atoms with Crippen LogP contribution in [0.3, 0.4) is 0 Å². The van der Waals surface area contributed by atoms with Crippen LogP contribution in [0, 0.1) is 13.8 Å². The summed E-state index contributed by atoms with van der Waals surface area (Å²) in [4.78, 5) is 22.0. The van der Waals surface area contributed by atoms with Gasteiger partial charge in [-0.1, -0.05) is 35.5 Å². The summed E-state index contributed by atoms with van der Waals surface area (Å²) >= 11 is 2.89. The monoisotopic (exact) mass is 409 g/mol. The van der Waals surface area contributed by atoms with Crippen molar-refractivity contribution in [2.24, 2.45) is 0 Å². The quantitative estimate of drug-likeness (QED) is 0.249. The molecule has 3 aromatic heterocycles. The fourth-order valence-corrected chi connectivity index (χ4v) is 4.68. The van der Waals surface area contributed by atoms with Crippen molar-refractivity contribution in [2.75, 3.05) is 0 Å². The van der Waals surface area contributed by atoms with Crippen molar-refractivity contribution in [3.63, 3.8) is 0 Å². The second kappa shape index (κ2) is 7.77. The molecule has 0 aliphatic heterocycles. The third kappa shape index (κ3) is 3.55. The van der Waals surface area contributed by atoms with Crippen LogP contribution < -0.4 is 5.56 Å². The summed E-state index contributed by atoms with van der Waals surface area (Å²) in [7, 11) is 0. The van der Waals surface area contributed by atoms with E-state index < -0.39 is 0 Å². The number of hydrogen-bond acceptors (Lipinski definition) is 6. The van der Waals surface area contributed by atoms with Crippen LogP contribution in [-0.2, 0) is 12.3 Å². The zero-order chi connectivity index (χ0) is 19.7. The summed E-state index contributed by atoms with van der Waals surface area (Å²) in [6.45, 7) is 8.29. The molecular formula is C21H19N3O2S2. The maximum Gasteiger partial charge on any atom is 0.272 e. The number of benzene rings is 1. The molecule has 0 saturated carbocycles. The molecule has 0 unspecified atom stereocenters. The Labute approximate surface area is 170 Å². The van der Waals surface area contributed by atoms with E-state index in [0.717, 1.165) is 22.3 Å². The molecule has 0 radical (unpaired) electrons. The molecule has 5 nitrogen and oxygen atoms in total. The maximum absolute atomic E-state index is 12.7. The second-order valence-corrected chi connectivity index (χ2v) is 8.34. The van der Waals surface area contributed by atoms with E-state index in [1.165, 1.54) is 28.7 Å². The number of aryl methyl sites for hydroxylation is 2. The first-order valence-electron chi connectivity index (χ1n) is 8.80. The van der Waals surface area contributed by atoms with E-state index in [9.17, 15) is 4.79 Å². The van der Waals surface area contributed by atoms with Gasteiger partial charge < -0.3 is 4.42 Å². The van der Waals surface area contributed by atoms with Gasteiger partial charge in [0.25, 0.3) is 5.56 Å². The Morgan fingerprint density at radius 3 is 2.93 bits per heavy atom. The molecule has 0 saturated heterocycles. The predicted octanol–water partition coefficient (Wildman–Crippen LogP) is 5.21. The van der Waals surface area contributed by atoms with E-state index in [4.69, 9.17) is 4.42 Å². The average Bonchev–Trinajstić information content (AvgIpc) is 3.32. The van der Waals surface area contributed by atoms with Crippen molar-refractivity contribution in [3.05, 3.63) is 75.7 Å². The maximum atomic E-state index is 12.7. The topological polar surface area (TPSA) is 60.9 Å². The number of rotatable bonds is 6. The number of thiophene rings is 1. The molecule has 4 rings (SSSR count). The Morgan fingerprint density at radius 1 is 1.29 bits per heavy atom. The molecule has 7 heteroatoms. The fraction of sp³-hybridized carbons (Fsp3) is 0.190. The Morgan fingerprint density at radius 2 is 2.14 bits per heavy atom. The van der Waals surface area contributed by atoms with Gasteiger partial charge in [-0.15, -0.1) is 17.9 Å². The van der Waals surface area contributed by atoms with Gasteiger partial charge in [-0.3, -0.25) is 9.36 Å². The van der Waals surface area contributed by atoms with Crippen molar-refractivity contribution in [1.29, 1.82) is 0 Å². The molecule has 3 heterocycles. The molecule has 0 bridgehead atoms. The summed E-state index contributed by atoms with van der Waals surface area (Å²) in [6, 6.07) is 8.07. The first-order chi connectivity index (χ1) is 13.6. The average molecular weight is 410 g/mol. The molecule has 142 valence electrons. The van der Waals surface area contributed by atoms with Crippen LogP contribution >= 0.6 is 23.1 Å². The lowest BCUT2D eigenvalue weighted by Crippen LogP contribution is -2.21. The number of thioether (sulfide) groups is 1. The highest BCUT2D eigenvalue weighted by Gasteiger charge is 2.14. The van der Waals surface area contributed by atoms with E-state index in [2.05, 4.69) is 42.5 Å². The molecule has 0 atom stereocenters. The summed E-state index contributed by atoms with van der Waals surface area (Å²) in [5.74, 6) is 1.17. The minimum Gasteiger partial charge on any atom is -0.444 e. The van der Waals surface area contributed by atoms with Crippen molar-refractivity contribution >= 4 is 33.3 Å². The predicted molar refractivity (Wildman–Crippen MR) is 115 cm³/mol. The van der Waals surface area contributed by atoms with Gasteiger partial charge in [-0.2, -0.15) is 0 Å². The van der Waals surface area contributed by atoms with Gasteiger partial charge in [0.2, 0.25) is 5.89 Å². The van der Waals surface area contributed by atoms with Crippen LogP contribution in [0.5, 0.6) is 0 Å². The molecule has 28 heavy (non-hydrogen) atoms. The normalized spacial score (nSPS) is 11.2. The van der Waals surface area contributed by atoms with E-state index in [1.807, 2.05) is 17.5 Å². The van der Waals surface area contributed by atoms with E-state index in [-0.39, 0.29) is 5.56 Å². The molecule has 1 aromatic carbocycles. The second-order valence-electron chi connectivity index (χ2n) is 6.48. The van der Waals surface area contributed by atoms with Gasteiger partial charge in [0, 0.05) is 17.9 Å². The zero-order valence-corrected chi connectivity index (χ0v) is 17.3. The Bertz CT molecular complexity index is 1220. The lowest BCUT2D eigenvalue weighted by Gasteiger charge is -2.09. The SMILES string of the molecule is C=CCn1c(SCc2coc(-c3ccc(C)cc3C)n2)nc2ccsc2c1=O. The lowest BCUT2D eigenvalue weighted by atomic mass is 10.1. The lowest BCUT2D eigenvalue weighted by molar-refractivity contribution is 0.573. The highest BCUT2D eigenvalue weighted by Crippen LogP contribution is 2.27. The van der Waals surface area contributed by atoms with Gasteiger partial charge in [0.1, 0.15) is 11.0 Å². The van der Waals surface area contributed by atoms with Gasteiger partial charge in [-0.25, -0.2) is 9.97 Å². The Kier molecular flexibility index (Phi) is 5.19. The van der Waals surface area contributed by atoms with Crippen LogP contribution in [0.4, 0.5) is 0 Å². The van der Waals surface area contributed by atoms with Crippen LogP contribution in [0.1, 0.15) is 16.8 Å². The number of oxazole rings is 1. The molecule has 0 spiro atoms. The standard InChI is InChI=1S/C21H19N3O2S2/c1-4-8-24-20(25)18-17(7-9-27-18)23-21(24)28-12-15-11-26-19(22-15)16-6-5-13(2)10-14(16)3/h4-7,9-11H,1,8,12H2,2-3H3. The molecule has 0 aliphatic rings. The van der Waals surface area contributed by atoms with Gasteiger partial charge in [0.15, 0.2) is 5.16 Å². The Balaban J connectivity index is 1.60. The third-order valence-electron chi connectivity index (χ3n) is 4.36. The number of aromatic nitrogens is 3. The van der Waals surface area contributed by atoms with E-state index in [0.29, 0.717) is 28.0 Å². The molecule has 4 aromatic rings. The van der Waals surface area contributed by atoms with Crippen molar-refractivity contribution in [2.45, 2.75) is 31.3 Å². The first-order valence-corrected chi connectivity index (χ1v) is 10.7. The Hall–Kier alpha value is -2.64. The smallest absolute Gasteiger partial charge is 0.272 e. The third-order valence-corrected chi connectivity index (χ3v) is 6.26. The molecular weight excluding hydrogens is 390 g/mol. The van der Waals surface area contributed by atoms with Gasteiger partial charge in [0.05, 0.1) is 11.2 Å². The zero-order valence-electron chi connectivity index (χ0n) is 15.6. The van der Waals surface area contributed by atoms with Crippen LogP contribution in [0.25, 0.3) is 21.7 Å². The molecule has 0 aliphatic carbocycles. The van der Waals surface area contributed by atoms with Crippen LogP contribution in [0.2, 0.25) is 0 Å². The largest absolute Gasteiger partial charge is 0.444 e. The van der Waals surface area contributed by atoms with Crippen molar-refractivity contribution < 1.29 is 4.42 Å². The number of nitrogens with zero attached hydrogens (tertiary/aromatic N) is 3. The fourth-order valence-electron chi connectivity index (χ4n) is 3.01. The number of allylic oxidation sites excluding steroid dienone is 1. The summed E-state index contributed by atoms with van der Waals surface area (Å²) in [5, 5.41) is 2.55. The van der Waals surface area contributed by atoms with E-state index >= 15 is 0 Å². The van der Waals surface area contributed by atoms with Crippen LogP contribution in [0.15, 0.2) is 62.9 Å². The molecule has 0 amide bonds. The molecule has 0 fully saturated rings. The van der Waals surface area contributed by atoms with E-state index in [1.54, 1.807) is 16.9 Å².